The molecule has 0 radical (unpaired) electrons. The van der Waals surface area contributed by atoms with Crippen LogP contribution < -0.4 is 5.32 Å². The topological polar surface area (TPSA) is 46.9 Å². The predicted molar refractivity (Wildman–Crippen MR) is 76.8 cm³/mol. The number of nitrogens with zero attached hydrogens (tertiary/aromatic N) is 2. The fraction of sp³-hybridized carbons (Fsp3) is 0.286. The summed E-state index contributed by atoms with van der Waals surface area (Å²) in [5.74, 6) is 1.08. The molecule has 1 aliphatic rings. The average Bonchev–Trinajstić information content (AvgIpc) is 3.08. The fourth-order valence-corrected chi connectivity index (χ4v) is 2.71. The van der Waals surface area contributed by atoms with E-state index in [2.05, 4.69) is 38.5 Å². The summed E-state index contributed by atoms with van der Waals surface area (Å²) in [4.78, 5) is 12.1. The van der Waals surface area contributed by atoms with Crippen molar-refractivity contribution in [2.24, 2.45) is 13.0 Å². The van der Waals surface area contributed by atoms with Crippen molar-refractivity contribution in [1.82, 2.24) is 9.78 Å². The van der Waals surface area contributed by atoms with Gasteiger partial charge in [-0.2, -0.15) is 5.10 Å². The van der Waals surface area contributed by atoms with Crippen LogP contribution in [0.2, 0.25) is 0 Å². The van der Waals surface area contributed by atoms with Gasteiger partial charge in [-0.3, -0.25) is 9.48 Å². The summed E-state index contributed by atoms with van der Waals surface area (Å²) in [5.41, 5.74) is 1.22. The molecule has 4 nitrogen and oxygen atoms in total. The van der Waals surface area contributed by atoms with Crippen LogP contribution in [0.3, 0.4) is 0 Å². The van der Waals surface area contributed by atoms with Gasteiger partial charge in [-0.25, -0.2) is 0 Å². The number of nitrogens with one attached hydrogen (secondary N) is 1. The molecule has 98 valence electrons. The average molecular weight is 320 g/mol. The molecule has 0 unspecified atom stereocenters. The highest BCUT2D eigenvalue weighted by molar-refractivity contribution is 9.10. The van der Waals surface area contributed by atoms with Crippen LogP contribution in [-0.2, 0) is 11.8 Å². The normalized spacial score (nSPS) is 21.2. The van der Waals surface area contributed by atoms with Crippen LogP contribution in [-0.4, -0.2) is 15.7 Å². The van der Waals surface area contributed by atoms with Crippen molar-refractivity contribution < 1.29 is 4.79 Å². The Balaban J connectivity index is 1.64. The molecule has 5 heteroatoms. The highest BCUT2D eigenvalue weighted by Crippen LogP contribution is 2.48. The Morgan fingerprint density at radius 1 is 1.47 bits per heavy atom. The number of rotatable bonds is 3. The van der Waals surface area contributed by atoms with E-state index in [0.29, 0.717) is 11.7 Å². The third-order valence-corrected chi connectivity index (χ3v) is 3.86. The van der Waals surface area contributed by atoms with Gasteiger partial charge in [-0.1, -0.05) is 28.1 Å². The fourth-order valence-electron chi connectivity index (χ4n) is 2.29. The third kappa shape index (κ3) is 2.71. The van der Waals surface area contributed by atoms with E-state index in [0.717, 1.165) is 10.9 Å². The van der Waals surface area contributed by atoms with E-state index >= 15 is 0 Å². The maximum absolute atomic E-state index is 12.1. The first kappa shape index (κ1) is 12.4. The zero-order valence-electron chi connectivity index (χ0n) is 10.5. The number of anilines is 1. The maximum Gasteiger partial charge on any atom is 0.229 e. The molecular formula is C14H14BrN3O. The molecule has 1 aliphatic carbocycles. The number of halogens is 1. The van der Waals surface area contributed by atoms with Crippen molar-refractivity contribution in [3.63, 3.8) is 0 Å². The van der Waals surface area contributed by atoms with Crippen molar-refractivity contribution >= 4 is 27.7 Å². The van der Waals surface area contributed by atoms with Crippen molar-refractivity contribution in [2.75, 3.05) is 5.32 Å². The number of benzene rings is 1. The molecule has 2 aromatic rings. The lowest BCUT2D eigenvalue weighted by atomic mass is 10.1. The zero-order valence-corrected chi connectivity index (χ0v) is 12.1. The number of carbonyl (C=O) groups excluding carboxylic acids is 1. The summed E-state index contributed by atoms with van der Waals surface area (Å²) in [7, 11) is 1.83. The molecule has 0 aliphatic heterocycles. The van der Waals surface area contributed by atoms with Gasteiger partial charge in [0.2, 0.25) is 5.91 Å². The molecule has 1 N–H and O–H groups in total. The SMILES string of the molecule is Cn1ccc(NC(=O)[C@H]2C[C@H]2c2cccc(Br)c2)n1. The van der Waals surface area contributed by atoms with Crippen molar-refractivity contribution in [1.29, 1.82) is 0 Å². The Hall–Kier alpha value is -1.62. The molecule has 19 heavy (non-hydrogen) atoms. The first-order valence-electron chi connectivity index (χ1n) is 6.19. The number of aromatic nitrogens is 2. The minimum Gasteiger partial charge on any atom is -0.309 e. The molecule has 2 atom stereocenters. The molecule has 0 bridgehead atoms. The molecule has 0 spiro atoms. The van der Waals surface area contributed by atoms with Crippen LogP contribution in [0.15, 0.2) is 41.0 Å². The number of carbonyl (C=O) groups is 1. The van der Waals surface area contributed by atoms with Crippen LogP contribution in [0.1, 0.15) is 17.9 Å². The van der Waals surface area contributed by atoms with Gasteiger partial charge in [0.15, 0.2) is 5.82 Å². The highest BCUT2D eigenvalue weighted by Gasteiger charge is 2.44. The predicted octanol–water partition coefficient (Wildman–Crippen LogP) is 2.92. The van der Waals surface area contributed by atoms with Gasteiger partial charge in [0.05, 0.1) is 0 Å². The second kappa shape index (κ2) is 4.81. The second-order valence-electron chi connectivity index (χ2n) is 4.87. The van der Waals surface area contributed by atoms with E-state index in [-0.39, 0.29) is 11.8 Å². The molecule has 1 saturated carbocycles. The summed E-state index contributed by atoms with van der Waals surface area (Å²) in [6, 6.07) is 9.96. The van der Waals surface area contributed by atoms with Gasteiger partial charge in [0.25, 0.3) is 0 Å². The van der Waals surface area contributed by atoms with Gasteiger partial charge in [0, 0.05) is 29.7 Å². The van der Waals surface area contributed by atoms with Gasteiger partial charge >= 0.3 is 0 Å². The van der Waals surface area contributed by atoms with Gasteiger partial charge in [0.1, 0.15) is 0 Å². The Labute approximate surface area is 119 Å². The lowest BCUT2D eigenvalue weighted by Gasteiger charge is -2.02. The van der Waals surface area contributed by atoms with E-state index in [9.17, 15) is 4.79 Å². The third-order valence-electron chi connectivity index (χ3n) is 3.37. The zero-order chi connectivity index (χ0) is 13.4. The monoisotopic (exact) mass is 319 g/mol. The molecule has 1 heterocycles. The lowest BCUT2D eigenvalue weighted by Crippen LogP contribution is -2.15. The first-order valence-corrected chi connectivity index (χ1v) is 6.99. The molecule has 1 amide bonds. The summed E-state index contributed by atoms with van der Waals surface area (Å²) in [6.07, 6.45) is 2.73. The van der Waals surface area contributed by atoms with E-state index in [1.165, 1.54) is 5.56 Å². The van der Waals surface area contributed by atoms with Crippen LogP contribution in [0.5, 0.6) is 0 Å². The Morgan fingerprint density at radius 2 is 2.32 bits per heavy atom. The quantitative estimate of drug-likeness (QED) is 0.945. The van der Waals surface area contributed by atoms with Crippen LogP contribution in [0, 0.1) is 5.92 Å². The summed E-state index contributed by atoms with van der Waals surface area (Å²) in [6.45, 7) is 0. The van der Waals surface area contributed by atoms with Crippen LogP contribution in [0.4, 0.5) is 5.82 Å². The number of amides is 1. The smallest absolute Gasteiger partial charge is 0.229 e. The highest BCUT2D eigenvalue weighted by atomic mass is 79.9. The minimum atomic E-state index is 0.0590. The molecule has 3 rings (SSSR count). The summed E-state index contributed by atoms with van der Waals surface area (Å²) < 4.78 is 2.73. The second-order valence-corrected chi connectivity index (χ2v) is 5.78. The van der Waals surface area contributed by atoms with Crippen LogP contribution in [0.25, 0.3) is 0 Å². The van der Waals surface area contributed by atoms with Gasteiger partial charge in [-0.05, 0) is 30.0 Å². The Kier molecular flexibility index (Phi) is 3.14. The van der Waals surface area contributed by atoms with Gasteiger partial charge < -0.3 is 5.32 Å². The standard InChI is InChI=1S/C14H14BrN3O/c1-18-6-5-13(17-18)16-14(19)12-8-11(12)9-3-2-4-10(15)7-9/h2-7,11-12H,8H2,1H3,(H,16,17,19)/t11-,12-/m0/s1. The minimum absolute atomic E-state index is 0.0590. The summed E-state index contributed by atoms with van der Waals surface area (Å²) in [5, 5.41) is 7.01. The lowest BCUT2D eigenvalue weighted by molar-refractivity contribution is -0.117. The molecular weight excluding hydrogens is 306 g/mol. The van der Waals surface area contributed by atoms with E-state index in [1.54, 1.807) is 10.7 Å². The van der Waals surface area contributed by atoms with E-state index in [1.807, 2.05) is 25.4 Å². The Morgan fingerprint density at radius 3 is 3.00 bits per heavy atom. The summed E-state index contributed by atoms with van der Waals surface area (Å²) >= 11 is 3.46. The number of hydrogen-bond acceptors (Lipinski definition) is 2. The number of hydrogen-bond donors (Lipinski definition) is 1. The molecule has 0 saturated heterocycles. The maximum atomic E-state index is 12.1. The Bertz CT molecular complexity index is 623. The van der Waals surface area contributed by atoms with Crippen LogP contribution >= 0.6 is 15.9 Å². The van der Waals surface area contributed by atoms with Crippen molar-refractivity contribution in [3.05, 3.63) is 46.6 Å². The first-order chi connectivity index (χ1) is 9.13. The van der Waals surface area contributed by atoms with Gasteiger partial charge in [-0.15, -0.1) is 0 Å². The molecule has 1 aromatic carbocycles. The molecule has 1 fully saturated rings. The van der Waals surface area contributed by atoms with Crippen molar-refractivity contribution in [3.8, 4) is 0 Å². The molecule has 1 aromatic heterocycles. The number of aryl methyl sites for hydroxylation is 1. The van der Waals surface area contributed by atoms with Crippen molar-refractivity contribution in [2.45, 2.75) is 12.3 Å². The largest absolute Gasteiger partial charge is 0.309 e. The van der Waals surface area contributed by atoms with E-state index < -0.39 is 0 Å². The van der Waals surface area contributed by atoms with E-state index in [4.69, 9.17) is 0 Å².